The number of carbonyl (C=O) groups excluding carboxylic acids is 1. The molecule has 122 valence electrons. The number of benzene rings is 1. The van der Waals surface area contributed by atoms with Gasteiger partial charge in [0.25, 0.3) is 0 Å². The van der Waals surface area contributed by atoms with Crippen LogP contribution in [0.3, 0.4) is 0 Å². The molecule has 1 N–H and O–H groups in total. The summed E-state index contributed by atoms with van der Waals surface area (Å²) in [5.41, 5.74) is 1.08. The lowest BCUT2D eigenvalue weighted by Gasteiger charge is -2.09. The van der Waals surface area contributed by atoms with E-state index in [9.17, 15) is 13.2 Å². The lowest BCUT2D eigenvalue weighted by atomic mass is 10.1. The Labute approximate surface area is 130 Å². The van der Waals surface area contributed by atoms with Gasteiger partial charge in [-0.25, -0.2) is 8.42 Å². The molecule has 0 saturated heterocycles. The van der Waals surface area contributed by atoms with E-state index in [1.807, 2.05) is 0 Å². The van der Waals surface area contributed by atoms with Gasteiger partial charge in [-0.1, -0.05) is 0 Å². The smallest absolute Gasteiger partial charge is 0.234 e. The highest BCUT2D eigenvalue weighted by atomic mass is 32.2. The van der Waals surface area contributed by atoms with Gasteiger partial charge in [-0.05, 0) is 37.1 Å². The Morgan fingerprint density at radius 1 is 1.18 bits per heavy atom. The number of ether oxygens (including phenoxy) is 2. The largest absolute Gasteiger partial charge is 0.382 e. The van der Waals surface area contributed by atoms with Gasteiger partial charge in [0.2, 0.25) is 10.0 Å². The molecular weight excluding hydrogens is 306 g/mol. The number of anilines is 1. The summed E-state index contributed by atoms with van der Waals surface area (Å²) in [6, 6.07) is 6.54. The molecule has 0 aromatic heterocycles. The van der Waals surface area contributed by atoms with Gasteiger partial charge in [0.1, 0.15) is 0 Å². The zero-order chi connectivity index (χ0) is 16.0. The van der Waals surface area contributed by atoms with Gasteiger partial charge in [-0.3, -0.25) is 9.52 Å². The third-order valence-corrected chi connectivity index (χ3v) is 4.57. The van der Waals surface area contributed by atoms with Crippen molar-refractivity contribution in [1.82, 2.24) is 0 Å². The van der Waals surface area contributed by atoms with Crippen molar-refractivity contribution in [3.8, 4) is 0 Å². The SMILES string of the molecule is COCCOCCS(=O)(=O)Nc1ccc(C(=O)C2CC2)cc1. The minimum atomic E-state index is -3.46. The monoisotopic (exact) mass is 327 g/mol. The molecular formula is C15H21NO5S. The number of ketones is 1. The molecule has 1 aromatic rings. The van der Waals surface area contributed by atoms with Crippen molar-refractivity contribution in [3.05, 3.63) is 29.8 Å². The number of hydrogen-bond acceptors (Lipinski definition) is 5. The van der Waals surface area contributed by atoms with E-state index in [0.29, 0.717) is 24.5 Å². The molecule has 0 amide bonds. The van der Waals surface area contributed by atoms with Crippen molar-refractivity contribution < 1.29 is 22.7 Å². The predicted molar refractivity (Wildman–Crippen MR) is 83.6 cm³/mol. The Hall–Kier alpha value is -1.44. The first-order valence-corrected chi connectivity index (χ1v) is 8.88. The molecule has 7 heteroatoms. The first-order chi connectivity index (χ1) is 10.5. The lowest BCUT2D eigenvalue weighted by molar-refractivity contribution is 0.0785. The number of rotatable bonds is 10. The van der Waals surface area contributed by atoms with E-state index in [-0.39, 0.29) is 24.1 Å². The fourth-order valence-electron chi connectivity index (χ4n) is 1.93. The maximum absolute atomic E-state index is 11.9. The van der Waals surface area contributed by atoms with Crippen molar-refractivity contribution in [2.24, 2.45) is 5.92 Å². The molecule has 0 unspecified atom stereocenters. The molecule has 0 spiro atoms. The summed E-state index contributed by atoms with van der Waals surface area (Å²) in [5, 5.41) is 0. The van der Waals surface area contributed by atoms with Crippen LogP contribution in [0.5, 0.6) is 0 Å². The Morgan fingerprint density at radius 3 is 2.45 bits per heavy atom. The van der Waals surface area contributed by atoms with Crippen LogP contribution in [0.1, 0.15) is 23.2 Å². The number of hydrogen-bond donors (Lipinski definition) is 1. The van der Waals surface area contributed by atoms with Crippen LogP contribution in [0.2, 0.25) is 0 Å². The molecule has 1 aromatic carbocycles. The van der Waals surface area contributed by atoms with Crippen LogP contribution < -0.4 is 4.72 Å². The second kappa shape index (κ2) is 7.71. The Kier molecular flexibility index (Phi) is 5.93. The van der Waals surface area contributed by atoms with E-state index >= 15 is 0 Å². The van der Waals surface area contributed by atoms with Crippen LogP contribution in [0, 0.1) is 5.92 Å². The van der Waals surface area contributed by atoms with Crippen molar-refractivity contribution in [1.29, 1.82) is 0 Å². The number of nitrogens with one attached hydrogen (secondary N) is 1. The molecule has 1 saturated carbocycles. The number of methoxy groups -OCH3 is 1. The van der Waals surface area contributed by atoms with Gasteiger partial charge >= 0.3 is 0 Å². The molecule has 2 rings (SSSR count). The van der Waals surface area contributed by atoms with Crippen LogP contribution in [0.25, 0.3) is 0 Å². The average molecular weight is 327 g/mol. The van der Waals surface area contributed by atoms with Crippen LogP contribution in [-0.2, 0) is 19.5 Å². The molecule has 1 aliphatic carbocycles. The second-order valence-corrected chi connectivity index (χ2v) is 7.08. The third kappa shape index (κ3) is 5.40. The Morgan fingerprint density at radius 2 is 1.86 bits per heavy atom. The van der Waals surface area contributed by atoms with Gasteiger partial charge in [0.15, 0.2) is 5.78 Å². The maximum Gasteiger partial charge on any atom is 0.234 e. The molecule has 22 heavy (non-hydrogen) atoms. The van der Waals surface area contributed by atoms with E-state index < -0.39 is 10.0 Å². The van der Waals surface area contributed by atoms with Crippen LogP contribution in [0.15, 0.2) is 24.3 Å². The van der Waals surface area contributed by atoms with Crippen LogP contribution in [-0.4, -0.2) is 46.9 Å². The van der Waals surface area contributed by atoms with Crippen LogP contribution in [0.4, 0.5) is 5.69 Å². The molecule has 0 aliphatic heterocycles. The first-order valence-electron chi connectivity index (χ1n) is 7.23. The summed E-state index contributed by atoms with van der Waals surface area (Å²) in [6.07, 6.45) is 1.91. The van der Waals surface area contributed by atoms with Crippen LogP contribution >= 0.6 is 0 Å². The quantitative estimate of drug-likeness (QED) is 0.522. The predicted octanol–water partition coefficient (Wildman–Crippen LogP) is 1.68. The first kappa shape index (κ1) is 16.9. The fraction of sp³-hybridized carbons (Fsp3) is 0.533. The highest BCUT2D eigenvalue weighted by Crippen LogP contribution is 2.32. The van der Waals surface area contributed by atoms with E-state index in [2.05, 4.69) is 4.72 Å². The van der Waals surface area contributed by atoms with Crippen molar-refractivity contribution in [2.45, 2.75) is 12.8 Å². The van der Waals surface area contributed by atoms with Gasteiger partial charge in [0.05, 0.1) is 25.6 Å². The van der Waals surface area contributed by atoms with Crippen molar-refractivity contribution >= 4 is 21.5 Å². The molecule has 0 heterocycles. The Bertz CT molecular complexity index is 593. The zero-order valence-electron chi connectivity index (χ0n) is 12.6. The number of carbonyl (C=O) groups is 1. The summed E-state index contributed by atoms with van der Waals surface area (Å²) in [4.78, 5) is 11.9. The highest BCUT2D eigenvalue weighted by Gasteiger charge is 2.30. The highest BCUT2D eigenvalue weighted by molar-refractivity contribution is 7.92. The molecule has 0 atom stereocenters. The average Bonchev–Trinajstić information content (AvgIpc) is 3.31. The zero-order valence-corrected chi connectivity index (χ0v) is 13.4. The summed E-state index contributed by atoms with van der Waals surface area (Å²) in [7, 11) is -1.90. The van der Waals surface area contributed by atoms with Crippen molar-refractivity contribution in [2.75, 3.05) is 37.4 Å². The lowest BCUT2D eigenvalue weighted by Crippen LogP contribution is -2.21. The van der Waals surface area contributed by atoms with Gasteiger partial charge in [-0.2, -0.15) is 0 Å². The minimum absolute atomic E-state index is 0.108. The number of Topliss-reactive ketones (excluding diaryl/α,β-unsaturated/α-hetero) is 1. The minimum Gasteiger partial charge on any atom is -0.382 e. The van der Waals surface area contributed by atoms with E-state index in [1.165, 1.54) is 0 Å². The summed E-state index contributed by atoms with van der Waals surface area (Å²) < 4.78 is 36.2. The molecule has 1 aliphatic rings. The molecule has 6 nitrogen and oxygen atoms in total. The van der Waals surface area contributed by atoms with E-state index in [0.717, 1.165) is 12.8 Å². The standard InChI is InChI=1S/C15H21NO5S/c1-20-8-9-21-10-11-22(18,19)16-14-6-4-13(5-7-14)15(17)12-2-3-12/h4-7,12,16H,2-3,8-11H2,1H3. The van der Waals surface area contributed by atoms with Crippen molar-refractivity contribution in [3.63, 3.8) is 0 Å². The molecule has 1 fully saturated rings. The van der Waals surface area contributed by atoms with Gasteiger partial charge in [-0.15, -0.1) is 0 Å². The number of sulfonamides is 1. The fourth-order valence-corrected chi connectivity index (χ4v) is 2.86. The normalized spacial score (nSPS) is 14.8. The summed E-state index contributed by atoms with van der Waals surface area (Å²) in [5.74, 6) is 0.173. The van der Waals surface area contributed by atoms with Gasteiger partial charge in [0, 0.05) is 24.3 Å². The second-order valence-electron chi connectivity index (χ2n) is 5.24. The third-order valence-electron chi connectivity index (χ3n) is 3.32. The van der Waals surface area contributed by atoms with Gasteiger partial charge < -0.3 is 9.47 Å². The topological polar surface area (TPSA) is 81.7 Å². The van der Waals surface area contributed by atoms with E-state index in [1.54, 1.807) is 31.4 Å². The molecule has 0 bridgehead atoms. The summed E-state index contributed by atoms with van der Waals surface area (Å²) in [6.45, 7) is 0.908. The molecule has 0 radical (unpaired) electrons. The van der Waals surface area contributed by atoms with E-state index in [4.69, 9.17) is 9.47 Å². The Balaban J connectivity index is 1.82. The maximum atomic E-state index is 11.9. The summed E-state index contributed by atoms with van der Waals surface area (Å²) >= 11 is 0.